The van der Waals surface area contributed by atoms with Gasteiger partial charge in [-0.3, -0.25) is 9.59 Å². The molecule has 2 atom stereocenters. The first kappa shape index (κ1) is 15.2. The van der Waals surface area contributed by atoms with Crippen LogP contribution in [0.15, 0.2) is 0 Å². The molecule has 2 amide bonds. The normalized spacial score (nSPS) is 28.3. The molecule has 0 aliphatic carbocycles. The molecule has 0 aromatic rings. The minimum atomic E-state index is -0.0108. The smallest absolute Gasteiger partial charge is 0.227 e. The van der Waals surface area contributed by atoms with Crippen LogP contribution in [0.2, 0.25) is 0 Å². The Bertz CT molecular complexity index is 302. The molecule has 2 heterocycles. The molecule has 2 rings (SSSR count). The Morgan fingerprint density at radius 1 is 1.44 bits per heavy atom. The third-order valence-corrected chi connectivity index (χ3v) is 3.76. The second kappa shape index (κ2) is 6.95. The van der Waals surface area contributed by atoms with Crippen LogP contribution in [0.5, 0.6) is 0 Å². The summed E-state index contributed by atoms with van der Waals surface area (Å²) in [5.41, 5.74) is 0. The molecule has 0 aromatic heterocycles. The summed E-state index contributed by atoms with van der Waals surface area (Å²) in [6.45, 7) is 2.18. The summed E-state index contributed by atoms with van der Waals surface area (Å²) >= 11 is 0. The number of nitrogens with one attached hydrogen (secondary N) is 2. The van der Waals surface area contributed by atoms with Gasteiger partial charge in [0, 0.05) is 32.1 Å². The minimum absolute atomic E-state index is 0. The SMILES string of the molecule is CNC1CCCN(C(=O)C2CCC(=O)NC2)C1.Cl. The van der Waals surface area contributed by atoms with Crippen molar-refractivity contribution in [1.82, 2.24) is 15.5 Å². The molecule has 0 saturated carbocycles. The van der Waals surface area contributed by atoms with Crippen molar-refractivity contribution < 1.29 is 9.59 Å². The van der Waals surface area contributed by atoms with Gasteiger partial charge in [-0.05, 0) is 26.3 Å². The van der Waals surface area contributed by atoms with E-state index >= 15 is 0 Å². The number of carbonyl (C=O) groups is 2. The van der Waals surface area contributed by atoms with E-state index in [1.165, 1.54) is 0 Å². The van der Waals surface area contributed by atoms with Crippen LogP contribution < -0.4 is 10.6 Å². The quantitative estimate of drug-likeness (QED) is 0.754. The zero-order valence-electron chi connectivity index (χ0n) is 10.8. The van der Waals surface area contributed by atoms with Gasteiger partial charge in [0.2, 0.25) is 11.8 Å². The minimum Gasteiger partial charge on any atom is -0.355 e. The highest BCUT2D eigenvalue weighted by molar-refractivity contribution is 5.85. The molecule has 2 aliphatic rings. The van der Waals surface area contributed by atoms with Crippen molar-refractivity contribution in [2.24, 2.45) is 5.92 Å². The second-order valence-electron chi connectivity index (χ2n) is 4.95. The fourth-order valence-electron chi connectivity index (χ4n) is 2.61. The summed E-state index contributed by atoms with van der Waals surface area (Å²) in [4.78, 5) is 25.3. The maximum atomic E-state index is 12.3. The number of carbonyl (C=O) groups excluding carboxylic acids is 2. The molecule has 2 N–H and O–H groups in total. The van der Waals surface area contributed by atoms with Crippen molar-refractivity contribution in [3.05, 3.63) is 0 Å². The molecule has 18 heavy (non-hydrogen) atoms. The van der Waals surface area contributed by atoms with Gasteiger partial charge in [-0.25, -0.2) is 0 Å². The van der Waals surface area contributed by atoms with Gasteiger partial charge in [0.25, 0.3) is 0 Å². The van der Waals surface area contributed by atoms with Gasteiger partial charge in [0.05, 0.1) is 5.92 Å². The number of halogens is 1. The highest BCUT2D eigenvalue weighted by Gasteiger charge is 2.30. The van der Waals surface area contributed by atoms with E-state index < -0.39 is 0 Å². The van der Waals surface area contributed by atoms with Crippen LogP contribution in [0.3, 0.4) is 0 Å². The van der Waals surface area contributed by atoms with Crippen LogP contribution in [0.1, 0.15) is 25.7 Å². The number of likely N-dealkylation sites (tertiary alicyclic amines) is 1. The fraction of sp³-hybridized carbons (Fsp3) is 0.833. The number of amides is 2. The largest absolute Gasteiger partial charge is 0.355 e. The molecular weight excluding hydrogens is 254 g/mol. The lowest BCUT2D eigenvalue weighted by atomic mass is 9.96. The van der Waals surface area contributed by atoms with E-state index in [1.807, 2.05) is 11.9 Å². The molecule has 0 radical (unpaired) electrons. The van der Waals surface area contributed by atoms with Gasteiger partial charge in [0.15, 0.2) is 0 Å². The Morgan fingerprint density at radius 3 is 2.83 bits per heavy atom. The molecule has 0 spiro atoms. The molecule has 0 aromatic carbocycles. The first-order valence-electron chi connectivity index (χ1n) is 6.43. The van der Waals surface area contributed by atoms with Crippen molar-refractivity contribution >= 4 is 24.2 Å². The summed E-state index contributed by atoms with van der Waals surface area (Å²) in [5.74, 6) is 0.272. The van der Waals surface area contributed by atoms with Crippen molar-refractivity contribution in [2.45, 2.75) is 31.7 Å². The molecule has 2 aliphatic heterocycles. The maximum Gasteiger partial charge on any atom is 0.227 e. The number of nitrogens with zero attached hydrogens (tertiary/aromatic N) is 1. The summed E-state index contributed by atoms with van der Waals surface area (Å²) in [6.07, 6.45) is 3.39. The van der Waals surface area contributed by atoms with E-state index in [2.05, 4.69) is 10.6 Å². The molecule has 6 heteroatoms. The second-order valence-corrected chi connectivity index (χ2v) is 4.95. The topological polar surface area (TPSA) is 61.4 Å². The van der Waals surface area contributed by atoms with Crippen LogP contribution in [0.25, 0.3) is 0 Å². The molecule has 0 bridgehead atoms. The van der Waals surface area contributed by atoms with E-state index in [9.17, 15) is 9.59 Å². The summed E-state index contributed by atoms with van der Waals surface area (Å²) in [5, 5.41) is 6.01. The zero-order chi connectivity index (χ0) is 12.3. The van der Waals surface area contributed by atoms with Crippen molar-refractivity contribution in [3.8, 4) is 0 Å². The first-order valence-corrected chi connectivity index (χ1v) is 6.43. The van der Waals surface area contributed by atoms with E-state index in [1.54, 1.807) is 0 Å². The number of rotatable bonds is 2. The molecular formula is C12H22ClN3O2. The molecule has 2 unspecified atom stereocenters. The van der Waals surface area contributed by atoms with E-state index in [4.69, 9.17) is 0 Å². The summed E-state index contributed by atoms with van der Waals surface area (Å²) in [7, 11) is 1.94. The van der Waals surface area contributed by atoms with E-state index in [0.29, 0.717) is 25.4 Å². The summed E-state index contributed by atoms with van der Waals surface area (Å²) in [6, 6.07) is 0.422. The van der Waals surface area contributed by atoms with Crippen LogP contribution >= 0.6 is 12.4 Å². The van der Waals surface area contributed by atoms with Crippen LogP contribution in [-0.4, -0.2) is 49.4 Å². The third-order valence-electron chi connectivity index (χ3n) is 3.76. The highest BCUT2D eigenvalue weighted by atomic mass is 35.5. The molecule has 2 saturated heterocycles. The fourth-order valence-corrected chi connectivity index (χ4v) is 2.61. The number of hydrogen-bond acceptors (Lipinski definition) is 3. The highest BCUT2D eigenvalue weighted by Crippen LogP contribution is 2.18. The standard InChI is InChI=1S/C12H21N3O2.ClH/c1-13-10-3-2-6-15(8-10)12(17)9-4-5-11(16)14-7-9;/h9-10,13H,2-8H2,1H3,(H,14,16);1H. The first-order chi connectivity index (χ1) is 8.20. The van der Waals surface area contributed by atoms with Gasteiger partial charge in [0.1, 0.15) is 0 Å². The number of piperidine rings is 2. The lowest BCUT2D eigenvalue weighted by Gasteiger charge is -2.35. The van der Waals surface area contributed by atoms with E-state index in [0.717, 1.165) is 25.9 Å². The maximum absolute atomic E-state index is 12.3. The van der Waals surface area contributed by atoms with Gasteiger partial charge in [-0.1, -0.05) is 0 Å². The molecule has 104 valence electrons. The van der Waals surface area contributed by atoms with Crippen LogP contribution in [0.4, 0.5) is 0 Å². The Labute approximate surface area is 114 Å². The number of hydrogen-bond donors (Lipinski definition) is 2. The van der Waals surface area contributed by atoms with Crippen LogP contribution in [-0.2, 0) is 9.59 Å². The number of likely N-dealkylation sites (N-methyl/N-ethyl adjacent to an activating group) is 1. The molecule has 2 fully saturated rings. The lowest BCUT2D eigenvalue weighted by molar-refractivity contribution is -0.138. The summed E-state index contributed by atoms with van der Waals surface area (Å²) < 4.78 is 0. The van der Waals surface area contributed by atoms with Gasteiger partial charge in [-0.2, -0.15) is 0 Å². The average molecular weight is 276 g/mol. The third kappa shape index (κ3) is 3.59. The van der Waals surface area contributed by atoms with Crippen molar-refractivity contribution in [2.75, 3.05) is 26.7 Å². The Balaban J connectivity index is 0.00000162. The average Bonchev–Trinajstić information content (AvgIpc) is 2.39. The lowest BCUT2D eigenvalue weighted by Crippen LogP contribution is -2.51. The van der Waals surface area contributed by atoms with Crippen molar-refractivity contribution in [3.63, 3.8) is 0 Å². The Morgan fingerprint density at radius 2 is 2.22 bits per heavy atom. The predicted octanol–water partition coefficient (Wildman–Crippen LogP) is 0.145. The van der Waals surface area contributed by atoms with Gasteiger partial charge >= 0.3 is 0 Å². The molecule has 5 nitrogen and oxygen atoms in total. The Hall–Kier alpha value is -0.810. The van der Waals surface area contributed by atoms with Gasteiger partial charge in [-0.15, -0.1) is 12.4 Å². The van der Waals surface area contributed by atoms with Gasteiger partial charge < -0.3 is 15.5 Å². The monoisotopic (exact) mass is 275 g/mol. The predicted molar refractivity (Wildman–Crippen MR) is 71.6 cm³/mol. The Kier molecular flexibility index (Phi) is 5.88. The zero-order valence-corrected chi connectivity index (χ0v) is 11.6. The van der Waals surface area contributed by atoms with Crippen LogP contribution in [0, 0.1) is 5.92 Å². The van der Waals surface area contributed by atoms with Crippen molar-refractivity contribution in [1.29, 1.82) is 0 Å². The van der Waals surface area contributed by atoms with E-state index in [-0.39, 0.29) is 30.1 Å².